The number of nitrogens with zero attached hydrogens (tertiary/aromatic N) is 3. The summed E-state index contributed by atoms with van der Waals surface area (Å²) in [5, 5.41) is 3.34. The summed E-state index contributed by atoms with van der Waals surface area (Å²) in [4.78, 5) is 14.6. The third-order valence-electron chi connectivity index (χ3n) is 1.30. The summed E-state index contributed by atoms with van der Waals surface area (Å²) in [6, 6.07) is 3.60. The third kappa shape index (κ3) is 3.11. The maximum absolute atomic E-state index is 10.3. The molecule has 1 aromatic rings. The van der Waals surface area contributed by atoms with E-state index in [1.165, 1.54) is 11.3 Å². The van der Waals surface area contributed by atoms with E-state index in [0.29, 0.717) is 11.4 Å². The molecule has 0 aliphatic carbocycles. The lowest BCUT2D eigenvalue weighted by atomic mass is 10.4. The normalized spacial score (nSPS) is 9.85. The summed E-state index contributed by atoms with van der Waals surface area (Å²) >= 11 is 1.40. The molecule has 0 N–H and O–H groups in total. The van der Waals surface area contributed by atoms with Gasteiger partial charge < -0.3 is 0 Å². The Labute approximate surface area is 79.1 Å². The van der Waals surface area contributed by atoms with Crippen LogP contribution in [0.2, 0.25) is 0 Å². The molecule has 0 amide bonds. The first-order valence-corrected chi connectivity index (χ1v) is 4.41. The highest BCUT2D eigenvalue weighted by Crippen LogP contribution is 2.15. The van der Waals surface area contributed by atoms with E-state index in [9.17, 15) is 4.79 Å². The Morgan fingerprint density at radius 2 is 2.31 bits per heavy atom. The highest BCUT2D eigenvalue weighted by atomic mass is 32.1. The lowest BCUT2D eigenvalue weighted by molar-refractivity contribution is 0.112. The number of aldehydes is 1. The van der Waals surface area contributed by atoms with Crippen LogP contribution in [0.4, 0.5) is 0 Å². The summed E-state index contributed by atoms with van der Waals surface area (Å²) in [6.45, 7) is 0.338. The van der Waals surface area contributed by atoms with Gasteiger partial charge in [0.2, 0.25) is 0 Å². The fraction of sp³-hybridized carbons (Fsp3) is 0.125. The van der Waals surface area contributed by atoms with Crippen molar-refractivity contribution in [3.8, 4) is 0 Å². The van der Waals surface area contributed by atoms with Gasteiger partial charge in [-0.3, -0.25) is 4.79 Å². The van der Waals surface area contributed by atoms with E-state index >= 15 is 0 Å². The van der Waals surface area contributed by atoms with E-state index in [2.05, 4.69) is 10.0 Å². The van der Waals surface area contributed by atoms with Crippen molar-refractivity contribution in [2.24, 2.45) is 5.11 Å². The van der Waals surface area contributed by atoms with E-state index in [1.54, 1.807) is 12.1 Å². The van der Waals surface area contributed by atoms with Gasteiger partial charge >= 0.3 is 0 Å². The maximum atomic E-state index is 10.3. The molecule has 0 bridgehead atoms. The molecule has 0 spiro atoms. The molecule has 0 radical (unpaired) electrons. The smallest absolute Gasteiger partial charge is 0.160 e. The molecule has 0 saturated heterocycles. The van der Waals surface area contributed by atoms with Crippen molar-refractivity contribution in [1.29, 1.82) is 0 Å². The first-order valence-electron chi connectivity index (χ1n) is 3.59. The van der Waals surface area contributed by atoms with Crippen LogP contribution in [-0.4, -0.2) is 12.8 Å². The Bertz CT molecular complexity index is 363. The second-order valence-electron chi connectivity index (χ2n) is 2.17. The van der Waals surface area contributed by atoms with Crippen LogP contribution >= 0.6 is 11.3 Å². The predicted molar refractivity (Wildman–Crippen MR) is 52.8 cm³/mol. The zero-order chi connectivity index (χ0) is 9.52. The number of carbonyl (C=O) groups is 1. The Kier molecular flexibility index (Phi) is 3.75. The predicted octanol–water partition coefficient (Wildman–Crippen LogP) is 2.88. The van der Waals surface area contributed by atoms with Crippen LogP contribution in [-0.2, 0) is 0 Å². The van der Waals surface area contributed by atoms with Crippen molar-refractivity contribution in [1.82, 2.24) is 0 Å². The fourth-order valence-electron chi connectivity index (χ4n) is 0.774. The summed E-state index contributed by atoms with van der Waals surface area (Å²) in [5.74, 6) is 0. The molecule has 1 aromatic heterocycles. The molecule has 0 aliphatic heterocycles. The van der Waals surface area contributed by atoms with Crippen molar-refractivity contribution < 1.29 is 4.79 Å². The lowest BCUT2D eigenvalue weighted by Crippen LogP contribution is -1.65. The molecule has 66 valence electrons. The molecule has 1 rings (SSSR count). The third-order valence-corrected chi connectivity index (χ3v) is 2.27. The molecular weight excluding hydrogens is 186 g/mol. The fourth-order valence-corrected chi connectivity index (χ4v) is 1.53. The van der Waals surface area contributed by atoms with Gasteiger partial charge in [0.25, 0.3) is 0 Å². The number of hydrogen-bond acceptors (Lipinski definition) is 3. The second kappa shape index (κ2) is 5.13. The van der Waals surface area contributed by atoms with Gasteiger partial charge in [-0.1, -0.05) is 11.2 Å². The minimum absolute atomic E-state index is 0.338. The van der Waals surface area contributed by atoms with Crippen LogP contribution in [0.15, 0.2) is 23.3 Å². The molecule has 0 aliphatic rings. The molecule has 0 saturated carbocycles. The summed E-state index contributed by atoms with van der Waals surface area (Å²) < 4.78 is 0. The molecule has 13 heavy (non-hydrogen) atoms. The van der Waals surface area contributed by atoms with E-state index < -0.39 is 0 Å². The van der Waals surface area contributed by atoms with Gasteiger partial charge in [0, 0.05) is 16.3 Å². The topological polar surface area (TPSA) is 65.8 Å². The largest absolute Gasteiger partial charge is 0.297 e. The molecular formula is C8H7N3OS. The van der Waals surface area contributed by atoms with Gasteiger partial charge in [0.1, 0.15) is 0 Å². The molecule has 5 heteroatoms. The first kappa shape index (κ1) is 9.51. The van der Waals surface area contributed by atoms with Crippen molar-refractivity contribution in [2.45, 2.75) is 0 Å². The Morgan fingerprint density at radius 3 is 2.92 bits per heavy atom. The van der Waals surface area contributed by atoms with Gasteiger partial charge in [-0.15, -0.1) is 11.3 Å². The van der Waals surface area contributed by atoms with Crippen molar-refractivity contribution in [3.05, 3.63) is 38.4 Å². The average Bonchev–Trinajstić information content (AvgIpc) is 2.60. The van der Waals surface area contributed by atoms with E-state index in [1.807, 2.05) is 12.1 Å². The highest BCUT2D eigenvalue weighted by Gasteiger charge is 1.93. The second-order valence-corrected chi connectivity index (χ2v) is 3.32. The molecule has 0 aromatic carbocycles. The molecule has 1 heterocycles. The van der Waals surface area contributed by atoms with Crippen LogP contribution in [0, 0.1) is 0 Å². The number of carbonyl (C=O) groups excluding carboxylic acids is 1. The van der Waals surface area contributed by atoms with Crippen LogP contribution in [0.5, 0.6) is 0 Å². The zero-order valence-electron chi connectivity index (χ0n) is 6.75. The minimum Gasteiger partial charge on any atom is -0.297 e. The Hall–Kier alpha value is -1.58. The summed E-state index contributed by atoms with van der Waals surface area (Å²) in [6.07, 6.45) is 4.39. The minimum atomic E-state index is 0.338. The monoisotopic (exact) mass is 193 g/mol. The number of rotatable bonds is 4. The maximum Gasteiger partial charge on any atom is 0.160 e. The van der Waals surface area contributed by atoms with Crippen molar-refractivity contribution >= 4 is 23.7 Å². The van der Waals surface area contributed by atoms with E-state index in [4.69, 9.17) is 5.53 Å². The number of hydrogen-bond donors (Lipinski definition) is 0. The van der Waals surface area contributed by atoms with Crippen molar-refractivity contribution in [2.75, 3.05) is 6.54 Å². The van der Waals surface area contributed by atoms with E-state index in [-0.39, 0.29) is 0 Å². The van der Waals surface area contributed by atoms with Crippen molar-refractivity contribution in [3.63, 3.8) is 0 Å². The van der Waals surface area contributed by atoms with Crippen LogP contribution in [0.1, 0.15) is 14.5 Å². The molecule has 0 unspecified atom stereocenters. The van der Waals surface area contributed by atoms with Gasteiger partial charge in [-0.25, -0.2) is 0 Å². The first-order chi connectivity index (χ1) is 6.36. The molecule has 4 nitrogen and oxygen atoms in total. The standard InChI is InChI=1S/C8H7N3OS/c9-11-10-5-1-2-7-3-4-8(6-12)13-7/h1-4,6H,5H2. The van der Waals surface area contributed by atoms with Crippen LogP contribution in [0.25, 0.3) is 16.5 Å². The quantitative estimate of drug-likeness (QED) is 0.314. The summed E-state index contributed by atoms with van der Waals surface area (Å²) in [7, 11) is 0. The average molecular weight is 193 g/mol. The summed E-state index contributed by atoms with van der Waals surface area (Å²) in [5.41, 5.74) is 7.99. The number of azide groups is 1. The SMILES string of the molecule is [N-]=[N+]=NCC=Cc1ccc(C=O)s1. The highest BCUT2D eigenvalue weighted by molar-refractivity contribution is 7.14. The van der Waals surface area contributed by atoms with Gasteiger partial charge in [-0.05, 0) is 23.7 Å². The molecule has 0 fully saturated rings. The Balaban J connectivity index is 2.57. The van der Waals surface area contributed by atoms with Crippen LogP contribution in [0.3, 0.4) is 0 Å². The lowest BCUT2D eigenvalue weighted by Gasteiger charge is -1.80. The van der Waals surface area contributed by atoms with E-state index in [0.717, 1.165) is 11.2 Å². The Morgan fingerprint density at radius 1 is 1.54 bits per heavy atom. The molecule has 0 atom stereocenters. The number of thiophene rings is 1. The van der Waals surface area contributed by atoms with Gasteiger partial charge in [-0.2, -0.15) is 0 Å². The zero-order valence-corrected chi connectivity index (χ0v) is 7.57. The van der Waals surface area contributed by atoms with Crippen LogP contribution < -0.4 is 0 Å². The van der Waals surface area contributed by atoms with Gasteiger partial charge in [0.15, 0.2) is 6.29 Å². The van der Waals surface area contributed by atoms with Gasteiger partial charge in [0.05, 0.1) is 4.88 Å².